The van der Waals surface area contributed by atoms with Gasteiger partial charge >= 0.3 is 0 Å². The summed E-state index contributed by atoms with van der Waals surface area (Å²) in [4.78, 5) is 12.6. The maximum atomic E-state index is 12.6. The average Bonchev–Trinajstić information content (AvgIpc) is 3.05. The van der Waals surface area contributed by atoms with Crippen molar-refractivity contribution in [2.24, 2.45) is 5.92 Å². The van der Waals surface area contributed by atoms with Crippen LogP contribution in [0.2, 0.25) is 5.02 Å². The van der Waals surface area contributed by atoms with E-state index in [0.29, 0.717) is 18.1 Å². The second-order valence-electron chi connectivity index (χ2n) is 7.20. The van der Waals surface area contributed by atoms with E-state index >= 15 is 0 Å². The van der Waals surface area contributed by atoms with E-state index in [1.807, 2.05) is 30.3 Å². The van der Waals surface area contributed by atoms with E-state index in [1.54, 1.807) is 6.07 Å². The number of aliphatic hydroxyl groups excluding tert-OH is 1. The van der Waals surface area contributed by atoms with Gasteiger partial charge in [-0.15, -0.1) is 0 Å². The van der Waals surface area contributed by atoms with Gasteiger partial charge in [0.15, 0.2) is 0 Å². The van der Waals surface area contributed by atoms with E-state index in [4.69, 9.17) is 16.3 Å². The molecule has 1 amide bonds. The molecule has 4 rings (SSSR count). The molecule has 1 atom stereocenters. The summed E-state index contributed by atoms with van der Waals surface area (Å²) in [6.45, 7) is 0.715. The van der Waals surface area contributed by atoms with E-state index in [-0.39, 0.29) is 24.0 Å². The molecule has 0 unspecified atom stereocenters. The van der Waals surface area contributed by atoms with E-state index < -0.39 is 0 Å². The summed E-state index contributed by atoms with van der Waals surface area (Å²) < 4.78 is 5.58. The number of fused-ring (bicyclic) bond motifs is 1. The quantitative estimate of drug-likeness (QED) is 0.846. The van der Waals surface area contributed by atoms with Crippen molar-refractivity contribution in [2.75, 3.05) is 6.61 Å². The molecule has 4 nitrogen and oxygen atoms in total. The molecule has 0 spiro atoms. The van der Waals surface area contributed by atoms with E-state index in [2.05, 4.69) is 11.4 Å². The second kappa shape index (κ2) is 7.29. The molecule has 2 aromatic carbocycles. The predicted molar refractivity (Wildman–Crippen MR) is 100 cm³/mol. The summed E-state index contributed by atoms with van der Waals surface area (Å²) in [6.07, 6.45) is 2.37. The zero-order valence-electron chi connectivity index (χ0n) is 14.5. The highest BCUT2D eigenvalue weighted by atomic mass is 35.5. The van der Waals surface area contributed by atoms with Crippen LogP contribution in [0.3, 0.4) is 0 Å². The molecule has 0 aromatic heterocycles. The smallest absolute Gasteiger partial charge is 0.224 e. The van der Waals surface area contributed by atoms with Crippen LogP contribution in [-0.4, -0.2) is 23.7 Å². The highest BCUT2D eigenvalue weighted by Crippen LogP contribution is 2.39. The molecule has 0 saturated heterocycles. The lowest BCUT2D eigenvalue weighted by atomic mass is 9.74. The van der Waals surface area contributed by atoms with Crippen molar-refractivity contribution < 1.29 is 14.6 Å². The lowest BCUT2D eigenvalue weighted by Gasteiger charge is -2.38. The molecular formula is C21H22ClNO3. The number of halogens is 1. The van der Waals surface area contributed by atoms with Crippen molar-refractivity contribution in [1.29, 1.82) is 0 Å². The summed E-state index contributed by atoms with van der Waals surface area (Å²) in [5.41, 5.74) is 3.17. The average molecular weight is 372 g/mol. The van der Waals surface area contributed by atoms with Crippen molar-refractivity contribution in [3.8, 4) is 5.75 Å². The largest absolute Gasteiger partial charge is 0.493 e. The summed E-state index contributed by atoms with van der Waals surface area (Å²) in [5, 5.41) is 13.5. The van der Waals surface area contributed by atoms with Crippen LogP contribution in [0.15, 0.2) is 42.5 Å². The van der Waals surface area contributed by atoms with E-state index in [0.717, 1.165) is 36.1 Å². The van der Waals surface area contributed by atoms with Gasteiger partial charge in [0.25, 0.3) is 0 Å². The maximum absolute atomic E-state index is 12.6. The molecule has 2 aliphatic rings. The van der Waals surface area contributed by atoms with E-state index in [1.165, 1.54) is 5.56 Å². The standard InChI is InChI=1S/C21H22ClNO3/c22-17-3-1-2-13(8-17)9-20(25)23-21(16-11-18(24)12-16)15-4-5-19-14(10-15)6-7-26-19/h1-5,8,10,16,18,21,24H,6-7,9,11-12H2,(H,23,25)/t16?,18?,21-/m0/s1. The number of nitrogens with one attached hydrogen (secondary N) is 1. The minimum Gasteiger partial charge on any atom is -0.493 e. The number of carbonyl (C=O) groups excluding carboxylic acids is 1. The number of carbonyl (C=O) groups is 1. The van der Waals surface area contributed by atoms with Gasteiger partial charge in [0.2, 0.25) is 5.91 Å². The van der Waals surface area contributed by atoms with Gasteiger partial charge in [0.05, 0.1) is 25.2 Å². The molecule has 1 heterocycles. The fourth-order valence-electron chi connectivity index (χ4n) is 3.83. The first-order valence-electron chi connectivity index (χ1n) is 9.06. The molecule has 2 N–H and O–H groups in total. The third kappa shape index (κ3) is 3.71. The molecule has 1 aliphatic carbocycles. The van der Waals surface area contributed by atoms with Gasteiger partial charge in [0.1, 0.15) is 5.75 Å². The minimum atomic E-state index is -0.259. The first-order valence-corrected chi connectivity index (χ1v) is 9.44. The summed E-state index contributed by atoms with van der Waals surface area (Å²) in [5.74, 6) is 1.16. The van der Waals surface area contributed by atoms with Crippen molar-refractivity contribution in [3.05, 3.63) is 64.2 Å². The minimum absolute atomic E-state index is 0.0320. The molecule has 2 aromatic rings. The number of hydrogen-bond donors (Lipinski definition) is 2. The van der Waals surface area contributed by atoms with Crippen LogP contribution in [0.4, 0.5) is 0 Å². The molecular weight excluding hydrogens is 350 g/mol. The van der Waals surface area contributed by atoms with Crippen LogP contribution in [0.25, 0.3) is 0 Å². The number of aliphatic hydroxyl groups is 1. The van der Waals surface area contributed by atoms with Crippen molar-refractivity contribution in [1.82, 2.24) is 5.32 Å². The zero-order valence-corrected chi connectivity index (χ0v) is 15.2. The third-order valence-corrected chi connectivity index (χ3v) is 5.50. The number of ether oxygens (including phenoxy) is 1. The Morgan fingerprint density at radius 2 is 2.12 bits per heavy atom. The van der Waals surface area contributed by atoms with Gasteiger partial charge < -0.3 is 15.2 Å². The molecule has 1 saturated carbocycles. The van der Waals surface area contributed by atoms with Crippen LogP contribution in [0.1, 0.15) is 35.6 Å². The van der Waals surface area contributed by atoms with Crippen LogP contribution in [0, 0.1) is 5.92 Å². The fourth-order valence-corrected chi connectivity index (χ4v) is 4.05. The SMILES string of the molecule is O=C(Cc1cccc(Cl)c1)N[C@@H](c1ccc2c(c1)CCO2)C1CC(O)C1. The lowest BCUT2D eigenvalue weighted by molar-refractivity contribution is -0.122. The number of hydrogen-bond acceptors (Lipinski definition) is 3. The summed E-state index contributed by atoms with van der Waals surface area (Å²) in [6, 6.07) is 13.4. The molecule has 1 aliphatic heterocycles. The van der Waals surface area contributed by atoms with Gasteiger partial charge in [-0.2, -0.15) is 0 Å². The normalized spacial score (nSPS) is 22.1. The van der Waals surface area contributed by atoms with Gasteiger partial charge in [0, 0.05) is 11.4 Å². The molecule has 0 radical (unpaired) electrons. The Kier molecular flexibility index (Phi) is 4.88. The van der Waals surface area contributed by atoms with Crippen molar-refractivity contribution in [3.63, 3.8) is 0 Å². The predicted octanol–water partition coefficient (Wildman–Crippen LogP) is 3.45. The van der Waals surface area contributed by atoms with Gasteiger partial charge in [-0.05, 0) is 59.7 Å². The Balaban J connectivity index is 1.51. The van der Waals surface area contributed by atoms with Gasteiger partial charge in [-0.3, -0.25) is 4.79 Å². The van der Waals surface area contributed by atoms with Gasteiger partial charge in [-0.25, -0.2) is 0 Å². The Morgan fingerprint density at radius 3 is 2.88 bits per heavy atom. The Hall–Kier alpha value is -2.04. The first-order chi connectivity index (χ1) is 12.6. The molecule has 5 heteroatoms. The first kappa shape index (κ1) is 17.4. The Bertz CT molecular complexity index is 817. The topological polar surface area (TPSA) is 58.6 Å². The highest BCUT2D eigenvalue weighted by molar-refractivity contribution is 6.30. The fraction of sp³-hybridized carbons (Fsp3) is 0.381. The van der Waals surface area contributed by atoms with Crippen molar-refractivity contribution in [2.45, 2.75) is 37.8 Å². The zero-order chi connectivity index (χ0) is 18.1. The maximum Gasteiger partial charge on any atom is 0.224 e. The highest BCUT2D eigenvalue weighted by Gasteiger charge is 2.36. The van der Waals surface area contributed by atoms with Crippen molar-refractivity contribution >= 4 is 17.5 Å². The Morgan fingerprint density at radius 1 is 1.27 bits per heavy atom. The van der Waals surface area contributed by atoms with Crippen LogP contribution in [-0.2, 0) is 17.6 Å². The second-order valence-corrected chi connectivity index (χ2v) is 7.64. The van der Waals surface area contributed by atoms with E-state index in [9.17, 15) is 9.90 Å². The third-order valence-electron chi connectivity index (χ3n) is 5.26. The number of amides is 1. The molecule has 26 heavy (non-hydrogen) atoms. The Labute approximate surface area is 158 Å². The molecule has 1 fully saturated rings. The van der Waals surface area contributed by atoms with Crippen LogP contribution in [0.5, 0.6) is 5.75 Å². The molecule has 0 bridgehead atoms. The lowest BCUT2D eigenvalue weighted by Crippen LogP contribution is -2.41. The number of rotatable bonds is 5. The van der Waals surface area contributed by atoms with Crippen LogP contribution >= 0.6 is 11.6 Å². The van der Waals surface area contributed by atoms with Gasteiger partial charge in [-0.1, -0.05) is 29.8 Å². The molecule has 136 valence electrons. The van der Waals surface area contributed by atoms with Crippen LogP contribution < -0.4 is 10.1 Å². The monoisotopic (exact) mass is 371 g/mol. The summed E-state index contributed by atoms with van der Waals surface area (Å²) >= 11 is 6.01. The summed E-state index contributed by atoms with van der Waals surface area (Å²) in [7, 11) is 0. The number of benzene rings is 2.